The van der Waals surface area contributed by atoms with Crippen LogP contribution >= 0.6 is 0 Å². The van der Waals surface area contributed by atoms with Crippen molar-refractivity contribution in [2.45, 2.75) is 32.9 Å². The molecule has 0 fully saturated rings. The van der Waals surface area contributed by atoms with Gasteiger partial charge in [-0.2, -0.15) is 0 Å². The highest BCUT2D eigenvalue weighted by atomic mass is 19.1. The van der Waals surface area contributed by atoms with Crippen LogP contribution in [0.2, 0.25) is 0 Å². The van der Waals surface area contributed by atoms with Gasteiger partial charge in [0.25, 0.3) is 0 Å². The van der Waals surface area contributed by atoms with Gasteiger partial charge in [0, 0.05) is 12.2 Å². The van der Waals surface area contributed by atoms with E-state index in [0.717, 1.165) is 6.42 Å². The highest BCUT2D eigenvalue weighted by Gasteiger charge is 2.33. The lowest BCUT2D eigenvalue weighted by molar-refractivity contribution is -0.127. The number of esters is 1. The van der Waals surface area contributed by atoms with Crippen LogP contribution in [0.15, 0.2) is 72.8 Å². The maximum Gasteiger partial charge on any atom is 0.337 e. The Kier molecular flexibility index (Phi) is 8.65. The van der Waals surface area contributed by atoms with E-state index in [4.69, 9.17) is 4.74 Å². The Morgan fingerprint density at radius 2 is 1.77 bits per heavy atom. The van der Waals surface area contributed by atoms with Crippen molar-refractivity contribution in [1.82, 2.24) is 20.3 Å². The lowest BCUT2D eigenvalue weighted by Gasteiger charge is -2.32. The molecule has 9 nitrogen and oxygen atoms in total. The summed E-state index contributed by atoms with van der Waals surface area (Å²) in [6.45, 7) is 4.24. The molecule has 202 valence electrons. The molecule has 1 aromatic heterocycles. The van der Waals surface area contributed by atoms with E-state index >= 15 is 0 Å². The maximum absolute atomic E-state index is 14.0. The van der Waals surface area contributed by atoms with Gasteiger partial charge in [0.15, 0.2) is 0 Å². The number of methoxy groups -OCH3 is 1. The fourth-order valence-corrected chi connectivity index (χ4v) is 4.22. The molecule has 1 N–H and O–H groups in total. The summed E-state index contributed by atoms with van der Waals surface area (Å²) in [5.41, 5.74) is 2.16. The van der Waals surface area contributed by atoms with E-state index in [2.05, 4.69) is 15.6 Å². The molecule has 0 aliphatic rings. The maximum atomic E-state index is 14.0. The van der Waals surface area contributed by atoms with E-state index < -0.39 is 29.6 Å². The topological polar surface area (TPSA) is 106 Å². The van der Waals surface area contributed by atoms with Gasteiger partial charge in [0.1, 0.15) is 23.9 Å². The lowest BCUT2D eigenvalue weighted by atomic mass is 10.0. The lowest BCUT2D eigenvalue weighted by Crippen LogP contribution is -2.45. The highest BCUT2D eigenvalue weighted by Crippen LogP contribution is 2.30. The van der Waals surface area contributed by atoms with Gasteiger partial charge >= 0.3 is 5.97 Å². The molecule has 0 unspecified atom stereocenters. The van der Waals surface area contributed by atoms with E-state index in [-0.39, 0.29) is 12.1 Å². The summed E-state index contributed by atoms with van der Waals surface area (Å²) in [6.07, 6.45) is 0.735. The van der Waals surface area contributed by atoms with Crippen LogP contribution in [0.4, 0.5) is 10.1 Å². The first kappa shape index (κ1) is 27.4. The summed E-state index contributed by atoms with van der Waals surface area (Å²) in [5, 5.41) is 11.2. The van der Waals surface area contributed by atoms with Gasteiger partial charge in [-0.15, -0.1) is 5.10 Å². The minimum absolute atomic E-state index is 0.206. The molecular weight excluding hydrogens is 501 g/mol. The third kappa shape index (κ3) is 6.46. The summed E-state index contributed by atoms with van der Waals surface area (Å²) in [6, 6.07) is 17.7. The van der Waals surface area contributed by atoms with Gasteiger partial charge in [-0.05, 0) is 60.4 Å². The number of hydrogen-bond donors (Lipinski definition) is 1. The third-order valence-electron chi connectivity index (χ3n) is 6.23. The number of anilines is 1. The second-order valence-electron chi connectivity index (χ2n) is 9.47. The number of ether oxygens (including phenoxy) is 1. The predicted molar refractivity (Wildman–Crippen MR) is 144 cm³/mol. The van der Waals surface area contributed by atoms with Gasteiger partial charge in [-0.25, -0.2) is 13.9 Å². The molecule has 1 heterocycles. The number of para-hydroxylation sites is 1. The SMILES string of the molecule is COC(=O)c1cccc(N(C(=O)Cn2nnc3ccccc32)[C@H](C(=O)NCCC(C)C)c2ccc(F)cc2)c1. The molecule has 0 saturated heterocycles. The number of aromatic nitrogens is 3. The van der Waals surface area contributed by atoms with E-state index in [1.807, 2.05) is 26.0 Å². The average Bonchev–Trinajstić information content (AvgIpc) is 3.34. The quantitative estimate of drug-likeness (QED) is 0.306. The monoisotopic (exact) mass is 531 g/mol. The number of carbonyl (C=O) groups is 3. The van der Waals surface area contributed by atoms with Gasteiger partial charge in [0.2, 0.25) is 11.8 Å². The summed E-state index contributed by atoms with van der Waals surface area (Å²) in [7, 11) is 1.26. The first-order valence-electron chi connectivity index (χ1n) is 12.6. The van der Waals surface area contributed by atoms with Crippen molar-refractivity contribution in [3.8, 4) is 0 Å². The molecule has 2 amide bonds. The second-order valence-corrected chi connectivity index (χ2v) is 9.47. The molecule has 39 heavy (non-hydrogen) atoms. The predicted octanol–water partition coefficient (Wildman–Crippen LogP) is 4.29. The van der Waals surface area contributed by atoms with Crippen molar-refractivity contribution in [2.75, 3.05) is 18.6 Å². The number of rotatable bonds is 10. The Hall–Kier alpha value is -4.60. The molecule has 0 spiro atoms. The first-order chi connectivity index (χ1) is 18.8. The minimum Gasteiger partial charge on any atom is -0.465 e. The van der Waals surface area contributed by atoms with Crippen molar-refractivity contribution in [1.29, 1.82) is 0 Å². The molecule has 3 aromatic carbocycles. The van der Waals surface area contributed by atoms with Gasteiger partial charge in [-0.1, -0.05) is 49.4 Å². The van der Waals surface area contributed by atoms with Crippen molar-refractivity contribution in [3.05, 3.63) is 89.7 Å². The fraction of sp³-hybridized carbons (Fsp3) is 0.276. The van der Waals surface area contributed by atoms with Crippen LogP contribution in [0.3, 0.4) is 0 Å². The Morgan fingerprint density at radius 1 is 1.03 bits per heavy atom. The molecule has 0 radical (unpaired) electrons. The number of amides is 2. The Bertz CT molecular complexity index is 1470. The van der Waals surface area contributed by atoms with Crippen LogP contribution in [0.5, 0.6) is 0 Å². The summed E-state index contributed by atoms with van der Waals surface area (Å²) >= 11 is 0. The fourth-order valence-electron chi connectivity index (χ4n) is 4.22. The van der Waals surface area contributed by atoms with Crippen molar-refractivity contribution in [2.24, 2.45) is 5.92 Å². The third-order valence-corrected chi connectivity index (χ3v) is 6.23. The van der Waals surface area contributed by atoms with Crippen LogP contribution in [0.25, 0.3) is 11.0 Å². The number of hydrogen-bond acceptors (Lipinski definition) is 6. The first-order valence-corrected chi connectivity index (χ1v) is 12.6. The zero-order chi connectivity index (χ0) is 27.9. The summed E-state index contributed by atoms with van der Waals surface area (Å²) < 4.78 is 20.2. The van der Waals surface area contributed by atoms with Crippen molar-refractivity contribution in [3.63, 3.8) is 0 Å². The Labute approximate surface area is 225 Å². The van der Waals surface area contributed by atoms with E-state index in [1.165, 1.54) is 47.0 Å². The molecule has 0 aliphatic heterocycles. The molecule has 4 rings (SSSR count). The van der Waals surface area contributed by atoms with Crippen LogP contribution in [-0.4, -0.2) is 46.4 Å². The van der Waals surface area contributed by atoms with Crippen LogP contribution in [0, 0.1) is 11.7 Å². The normalized spacial score (nSPS) is 11.8. The summed E-state index contributed by atoms with van der Waals surface area (Å²) in [5.74, 6) is -1.64. The number of carbonyl (C=O) groups excluding carboxylic acids is 3. The minimum atomic E-state index is -1.16. The van der Waals surface area contributed by atoms with Crippen LogP contribution in [-0.2, 0) is 20.9 Å². The molecule has 10 heteroatoms. The largest absolute Gasteiger partial charge is 0.465 e. The van der Waals surface area contributed by atoms with Gasteiger partial charge in [0.05, 0.1) is 18.2 Å². The second kappa shape index (κ2) is 12.3. The standard InChI is InChI=1S/C29H30FN5O4/c1-19(2)15-16-31-28(37)27(20-11-13-22(30)14-12-20)35(23-8-6-7-21(17-23)29(38)39-3)26(36)18-34-25-10-5-4-9-24(25)32-33-34/h4-14,17,19,27H,15-16,18H2,1-3H3,(H,31,37)/t27-/m0/s1. The zero-order valence-electron chi connectivity index (χ0n) is 22.0. The zero-order valence-corrected chi connectivity index (χ0v) is 22.0. The molecule has 1 atom stereocenters. The average molecular weight is 532 g/mol. The number of nitrogens with zero attached hydrogens (tertiary/aromatic N) is 4. The van der Waals surface area contributed by atoms with Crippen molar-refractivity contribution >= 4 is 34.5 Å². The van der Waals surface area contributed by atoms with Crippen molar-refractivity contribution < 1.29 is 23.5 Å². The van der Waals surface area contributed by atoms with E-state index in [1.54, 1.807) is 30.3 Å². The summed E-state index contributed by atoms with van der Waals surface area (Å²) in [4.78, 5) is 41.3. The van der Waals surface area contributed by atoms with E-state index in [9.17, 15) is 18.8 Å². The Morgan fingerprint density at radius 3 is 2.49 bits per heavy atom. The van der Waals surface area contributed by atoms with Crippen LogP contribution in [0.1, 0.15) is 42.2 Å². The number of benzene rings is 3. The number of fused-ring (bicyclic) bond motifs is 1. The highest BCUT2D eigenvalue weighted by molar-refractivity contribution is 6.02. The van der Waals surface area contributed by atoms with Crippen LogP contribution < -0.4 is 10.2 Å². The number of nitrogens with one attached hydrogen (secondary N) is 1. The molecule has 0 bridgehead atoms. The van der Waals surface area contributed by atoms with Gasteiger partial charge < -0.3 is 10.1 Å². The van der Waals surface area contributed by atoms with Gasteiger partial charge in [-0.3, -0.25) is 14.5 Å². The number of halogens is 1. The molecular formula is C29H30FN5O4. The smallest absolute Gasteiger partial charge is 0.337 e. The molecule has 4 aromatic rings. The Balaban J connectivity index is 1.81. The molecule has 0 aliphatic carbocycles. The molecule has 0 saturated carbocycles. The van der Waals surface area contributed by atoms with E-state index in [0.29, 0.717) is 34.7 Å².